The van der Waals surface area contributed by atoms with Crippen molar-refractivity contribution in [1.82, 2.24) is 0 Å². The highest BCUT2D eigenvalue weighted by molar-refractivity contribution is 7.99. The molecule has 3 aromatic carbocycles. The van der Waals surface area contributed by atoms with Crippen LogP contribution in [0.5, 0.6) is 0 Å². The van der Waals surface area contributed by atoms with Crippen LogP contribution < -0.4 is 5.63 Å². The molecule has 0 fully saturated rings. The molecule has 0 saturated carbocycles. The molecule has 0 bridgehead atoms. The third-order valence-corrected chi connectivity index (χ3v) is 5.00. The van der Waals surface area contributed by atoms with Crippen LogP contribution in [-0.2, 0) is 0 Å². The summed E-state index contributed by atoms with van der Waals surface area (Å²) in [5.41, 5.74) is 0.372. The first-order valence-corrected chi connectivity index (χ1v) is 8.93. The van der Waals surface area contributed by atoms with E-state index in [-0.39, 0.29) is 11.3 Å². The summed E-state index contributed by atoms with van der Waals surface area (Å²) in [7, 11) is 0. The van der Waals surface area contributed by atoms with Crippen LogP contribution in [0.4, 0.5) is 0 Å². The Bertz CT molecular complexity index is 1130. The minimum atomic E-state index is -0.614. The summed E-state index contributed by atoms with van der Waals surface area (Å²) in [5, 5.41) is 0.728. The Hall–Kier alpha value is -3.11. The predicted octanol–water partition coefficient (Wildman–Crippen LogP) is 5.18. The number of hydrogen-bond donors (Lipinski definition) is 0. The molecule has 126 valence electrons. The Morgan fingerprint density at radius 2 is 1.42 bits per heavy atom. The third-order valence-electron chi connectivity index (χ3n) is 3.98. The average molecular weight is 358 g/mol. The van der Waals surface area contributed by atoms with Gasteiger partial charge in [0.2, 0.25) is 0 Å². The normalized spacial score (nSPS) is 10.8. The lowest BCUT2D eigenvalue weighted by atomic mass is 10.0. The second kappa shape index (κ2) is 7.02. The van der Waals surface area contributed by atoms with Gasteiger partial charge in [-0.15, -0.1) is 0 Å². The molecule has 26 heavy (non-hydrogen) atoms. The van der Waals surface area contributed by atoms with Crippen LogP contribution in [-0.4, -0.2) is 5.78 Å². The van der Waals surface area contributed by atoms with E-state index in [0.29, 0.717) is 11.1 Å². The van der Waals surface area contributed by atoms with Gasteiger partial charge in [-0.05, 0) is 48.5 Å². The summed E-state index contributed by atoms with van der Waals surface area (Å²) in [6.45, 7) is 0. The Labute approximate surface area is 154 Å². The molecule has 0 radical (unpaired) electrons. The van der Waals surface area contributed by atoms with E-state index < -0.39 is 5.63 Å². The minimum absolute atomic E-state index is 0.0483. The van der Waals surface area contributed by atoms with E-state index in [0.717, 1.165) is 15.2 Å². The van der Waals surface area contributed by atoms with Crippen molar-refractivity contribution >= 4 is 28.5 Å². The maximum atomic E-state index is 12.7. The molecule has 1 aromatic heterocycles. The van der Waals surface area contributed by atoms with Gasteiger partial charge in [-0.2, -0.15) is 0 Å². The minimum Gasteiger partial charge on any atom is -0.422 e. The molecule has 0 spiro atoms. The molecule has 4 heteroatoms. The van der Waals surface area contributed by atoms with E-state index in [1.807, 2.05) is 54.6 Å². The number of para-hydroxylation sites is 1. The van der Waals surface area contributed by atoms with Crippen molar-refractivity contribution in [1.29, 1.82) is 0 Å². The van der Waals surface area contributed by atoms with Gasteiger partial charge >= 0.3 is 5.63 Å². The van der Waals surface area contributed by atoms with Crippen molar-refractivity contribution in [2.24, 2.45) is 0 Å². The molecular weight excluding hydrogens is 344 g/mol. The van der Waals surface area contributed by atoms with Gasteiger partial charge in [0, 0.05) is 20.7 Å². The van der Waals surface area contributed by atoms with Crippen molar-refractivity contribution in [3.8, 4) is 0 Å². The van der Waals surface area contributed by atoms with Gasteiger partial charge in [0.15, 0.2) is 5.78 Å². The van der Waals surface area contributed by atoms with Crippen LogP contribution in [0, 0.1) is 0 Å². The first kappa shape index (κ1) is 16.4. The molecule has 0 unspecified atom stereocenters. The highest BCUT2D eigenvalue weighted by Crippen LogP contribution is 2.27. The summed E-state index contributed by atoms with van der Waals surface area (Å²) in [6.07, 6.45) is 0. The fourth-order valence-electron chi connectivity index (χ4n) is 2.67. The number of rotatable bonds is 4. The molecule has 0 N–H and O–H groups in total. The topological polar surface area (TPSA) is 47.3 Å². The van der Waals surface area contributed by atoms with Crippen LogP contribution in [0.2, 0.25) is 0 Å². The van der Waals surface area contributed by atoms with Crippen LogP contribution >= 0.6 is 11.8 Å². The molecule has 0 aliphatic rings. The molecule has 0 amide bonds. The predicted molar refractivity (Wildman–Crippen MR) is 103 cm³/mol. The van der Waals surface area contributed by atoms with Crippen molar-refractivity contribution in [2.75, 3.05) is 0 Å². The smallest absolute Gasteiger partial charge is 0.347 e. The van der Waals surface area contributed by atoms with E-state index >= 15 is 0 Å². The number of carbonyl (C=O) groups excluding carboxylic acids is 1. The second-order valence-electron chi connectivity index (χ2n) is 5.75. The van der Waals surface area contributed by atoms with Gasteiger partial charge in [-0.1, -0.05) is 48.2 Å². The van der Waals surface area contributed by atoms with E-state index in [9.17, 15) is 9.59 Å². The fraction of sp³-hybridized carbons (Fsp3) is 0. The molecule has 3 nitrogen and oxygen atoms in total. The maximum absolute atomic E-state index is 12.7. The zero-order valence-corrected chi connectivity index (χ0v) is 14.5. The number of benzene rings is 3. The average Bonchev–Trinajstić information content (AvgIpc) is 2.68. The quantitative estimate of drug-likeness (QED) is 0.373. The van der Waals surface area contributed by atoms with E-state index in [4.69, 9.17) is 4.42 Å². The molecule has 0 aliphatic carbocycles. The summed E-state index contributed by atoms with van der Waals surface area (Å²) >= 11 is 1.62. The largest absolute Gasteiger partial charge is 0.422 e. The van der Waals surface area contributed by atoms with Gasteiger partial charge in [-0.25, -0.2) is 4.79 Å². The van der Waals surface area contributed by atoms with Gasteiger partial charge in [-0.3, -0.25) is 4.79 Å². The van der Waals surface area contributed by atoms with Gasteiger partial charge in [0.05, 0.1) is 0 Å². The highest BCUT2D eigenvalue weighted by atomic mass is 32.2. The molecule has 0 atom stereocenters. The van der Waals surface area contributed by atoms with Crippen LogP contribution in [0.3, 0.4) is 0 Å². The third kappa shape index (κ3) is 3.32. The zero-order chi connectivity index (χ0) is 17.9. The molecule has 4 rings (SSSR count). The summed E-state index contributed by atoms with van der Waals surface area (Å²) in [6, 6.07) is 26.0. The van der Waals surface area contributed by atoms with Crippen LogP contribution in [0.25, 0.3) is 11.0 Å². The second-order valence-corrected chi connectivity index (χ2v) is 6.90. The standard InChI is InChI=1S/C22H14O3S/c23-21(19-14-16-6-4-5-9-20(16)25-22(19)24)15-10-12-18(13-11-15)26-17-7-2-1-3-8-17/h1-14H. The van der Waals surface area contributed by atoms with Crippen LogP contribution in [0.15, 0.2) is 104 Å². The van der Waals surface area contributed by atoms with Gasteiger partial charge in [0.25, 0.3) is 0 Å². The number of carbonyl (C=O) groups is 1. The molecule has 0 aliphatic heterocycles. The fourth-order valence-corrected chi connectivity index (χ4v) is 3.51. The van der Waals surface area contributed by atoms with Crippen molar-refractivity contribution in [2.45, 2.75) is 9.79 Å². The van der Waals surface area contributed by atoms with E-state index in [2.05, 4.69) is 0 Å². The lowest BCUT2D eigenvalue weighted by molar-refractivity contribution is 0.103. The number of hydrogen-bond acceptors (Lipinski definition) is 4. The highest BCUT2D eigenvalue weighted by Gasteiger charge is 2.15. The monoisotopic (exact) mass is 358 g/mol. The lowest BCUT2D eigenvalue weighted by Gasteiger charge is -2.04. The first-order valence-electron chi connectivity index (χ1n) is 8.11. The Morgan fingerprint density at radius 1 is 0.769 bits per heavy atom. The summed E-state index contributed by atoms with van der Waals surface area (Å²) in [5.74, 6) is -0.333. The van der Waals surface area contributed by atoms with E-state index in [1.165, 1.54) is 0 Å². The van der Waals surface area contributed by atoms with Gasteiger partial charge in [0.1, 0.15) is 11.1 Å². The maximum Gasteiger partial charge on any atom is 0.347 e. The number of fused-ring (bicyclic) bond motifs is 1. The number of ketones is 1. The molecular formula is C22H14O3S. The Balaban J connectivity index is 1.62. The zero-order valence-electron chi connectivity index (χ0n) is 13.7. The lowest BCUT2D eigenvalue weighted by Crippen LogP contribution is -2.14. The van der Waals surface area contributed by atoms with Crippen molar-refractivity contribution in [3.63, 3.8) is 0 Å². The van der Waals surface area contributed by atoms with Gasteiger partial charge < -0.3 is 4.42 Å². The Morgan fingerprint density at radius 3 is 2.19 bits per heavy atom. The SMILES string of the molecule is O=C(c1ccc(Sc2ccccc2)cc1)c1cc2ccccc2oc1=O. The van der Waals surface area contributed by atoms with Crippen molar-refractivity contribution < 1.29 is 9.21 Å². The van der Waals surface area contributed by atoms with Crippen LogP contribution in [0.1, 0.15) is 15.9 Å². The van der Waals surface area contributed by atoms with Crippen molar-refractivity contribution in [3.05, 3.63) is 106 Å². The summed E-state index contributed by atoms with van der Waals surface area (Å²) < 4.78 is 5.26. The molecule has 4 aromatic rings. The molecule has 0 saturated heterocycles. The first-order chi connectivity index (χ1) is 12.7. The summed E-state index contributed by atoms with van der Waals surface area (Å²) in [4.78, 5) is 27.0. The molecule has 1 heterocycles. The Kier molecular flexibility index (Phi) is 4.42. The van der Waals surface area contributed by atoms with E-state index in [1.54, 1.807) is 42.1 Å².